The summed E-state index contributed by atoms with van der Waals surface area (Å²) in [5.74, 6) is -3.38. The van der Waals surface area contributed by atoms with E-state index >= 15 is 0 Å². The summed E-state index contributed by atoms with van der Waals surface area (Å²) in [6, 6.07) is 0. The average Bonchev–Trinajstić information content (AvgIpc) is 2.30. The molecule has 0 amide bonds. The van der Waals surface area contributed by atoms with Gasteiger partial charge in [0, 0.05) is 0 Å². The first-order valence-corrected chi connectivity index (χ1v) is 5.71. The largest absolute Gasteiger partial charge is 0.460 e. The van der Waals surface area contributed by atoms with E-state index in [0.717, 1.165) is 6.92 Å². The van der Waals surface area contributed by atoms with Crippen molar-refractivity contribution in [3.63, 3.8) is 0 Å². The summed E-state index contributed by atoms with van der Waals surface area (Å²) in [5.41, 5.74) is -7.17. The van der Waals surface area contributed by atoms with Crippen LogP contribution in [0.4, 0.5) is 26.3 Å². The Labute approximate surface area is 121 Å². The third-order valence-electron chi connectivity index (χ3n) is 2.33. The second-order valence-electron chi connectivity index (χ2n) is 5.03. The molecule has 0 rings (SSSR count). The van der Waals surface area contributed by atoms with Gasteiger partial charge >= 0.3 is 23.9 Å². The Morgan fingerprint density at radius 2 is 1.41 bits per heavy atom. The maximum absolute atomic E-state index is 12.4. The molecule has 0 heterocycles. The molecule has 0 aliphatic heterocycles. The van der Waals surface area contributed by atoms with E-state index in [9.17, 15) is 35.9 Å². The lowest BCUT2D eigenvalue weighted by atomic mass is 10.0. The third-order valence-corrected chi connectivity index (χ3v) is 2.33. The van der Waals surface area contributed by atoms with E-state index in [0.29, 0.717) is 0 Å². The zero-order valence-electron chi connectivity index (χ0n) is 11.8. The minimum absolute atomic E-state index is 0.457. The van der Waals surface area contributed by atoms with E-state index in [4.69, 9.17) is 9.84 Å². The number of hydrogen-bond acceptors (Lipinski definition) is 5. The lowest BCUT2D eigenvalue weighted by Gasteiger charge is -2.31. The van der Waals surface area contributed by atoms with Crippen molar-refractivity contribution in [3.05, 3.63) is 0 Å². The fourth-order valence-corrected chi connectivity index (χ4v) is 1.07. The number of esters is 1. The van der Waals surface area contributed by atoms with Crippen molar-refractivity contribution in [3.8, 4) is 0 Å². The number of aliphatic hydroxyl groups is 1. The second kappa shape index (κ2) is 6.41. The molecule has 0 atom stereocenters. The van der Waals surface area contributed by atoms with Crippen molar-refractivity contribution in [2.75, 3.05) is 13.2 Å². The maximum Gasteiger partial charge on any atom is 0.437 e. The van der Waals surface area contributed by atoms with Crippen molar-refractivity contribution in [2.45, 2.75) is 44.3 Å². The molecule has 0 aromatic carbocycles. The number of Topliss-reactive ketones (excluding diaryl/α,β-unsaturated/α-hetero) is 1. The summed E-state index contributed by atoms with van der Waals surface area (Å²) in [6.07, 6.45) is -12.6. The number of carbonyl (C=O) groups excluding carboxylic acids is 2. The molecule has 130 valence electrons. The van der Waals surface area contributed by atoms with Gasteiger partial charge < -0.3 is 14.6 Å². The first kappa shape index (κ1) is 20.6. The molecule has 0 fully saturated rings. The topological polar surface area (TPSA) is 72.8 Å². The molecule has 0 saturated carbocycles. The van der Waals surface area contributed by atoms with Crippen LogP contribution in [-0.2, 0) is 19.1 Å². The predicted molar refractivity (Wildman–Crippen MR) is 58.7 cm³/mol. The minimum atomic E-state index is -6.31. The van der Waals surface area contributed by atoms with Crippen molar-refractivity contribution in [1.82, 2.24) is 0 Å². The Morgan fingerprint density at radius 1 is 1.00 bits per heavy atom. The highest BCUT2D eigenvalue weighted by Crippen LogP contribution is 2.43. The van der Waals surface area contributed by atoms with Gasteiger partial charge in [-0.3, -0.25) is 4.79 Å². The van der Waals surface area contributed by atoms with Gasteiger partial charge in [0.25, 0.3) is 0 Å². The highest BCUT2D eigenvalue weighted by Gasteiger charge is 2.76. The molecule has 0 aromatic heterocycles. The number of ether oxygens (including phenoxy) is 2. The molecule has 0 unspecified atom stereocenters. The van der Waals surface area contributed by atoms with Crippen LogP contribution in [0.2, 0.25) is 0 Å². The lowest BCUT2D eigenvalue weighted by molar-refractivity contribution is -0.357. The van der Waals surface area contributed by atoms with Crippen molar-refractivity contribution >= 4 is 11.8 Å². The molecule has 0 aliphatic carbocycles. The van der Waals surface area contributed by atoms with Gasteiger partial charge in [-0.1, -0.05) is 0 Å². The summed E-state index contributed by atoms with van der Waals surface area (Å²) in [7, 11) is 0. The van der Waals surface area contributed by atoms with E-state index in [1.165, 1.54) is 13.8 Å². The molecular formula is C11H14F6O5. The fourth-order valence-electron chi connectivity index (χ4n) is 1.07. The molecule has 0 radical (unpaired) electrons. The molecule has 11 heteroatoms. The average molecular weight is 340 g/mol. The SMILES string of the molecule is CC(=O)COC(C)(C)COC(=O)C(O)(C(F)(F)F)C(F)(F)F. The van der Waals surface area contributed by atoms with Crippen LogP contribution in [0.15, 0.2) is 0 Å². The van der Waals surface area contributed by atoms with E-state index < -0.39 is 48.5 Å². The number of halogens is 6. The number of carbonyl (C=O) groups is 2. The Morgan fingerprint density at radius 3 is 1.73 bits per heavy atom. The van der Waals surface area contributed by atoms with Gasteiger partial charge in [0.15, 0.2) is 5.78 Å². The number of ketones is 1. The molecule has 22 heavy (non-hydrogen) atoms. The predicted octanol–water partition coefficient (Wildman–Crippen LogP) is 1.77. The van der Waals surface area contributed by atoms with E-state index in [-0.39, 0.29) is 0 Å². The van der Waals surface area contributed by atoms with Crippen LogP contribution >= 0.6 is 0 Å². The van der Waals surface area contributed by atoms with Crippen LogP contribution < -0.4 is 0 Å². The zero-order chi connectivity index (χ0) is 18.0. The summed E-state index contributed by atoms with van der Waals surface area (Å²) < 4.78 is 83.0. The molecule has 0 aromatic rings. The summed E-state index contributed by atoms with van der Waals surface area (Å²) in [6.45, 7) is 1.96. The first-order valence-electron chi connectivity index (χ1n) is 5.71. The zero-order valence-corrected chi connectivity index (χ0v) is 11.8. The van der Waals surface area contributed by atoms with Crippen LogP contribution in [0.1, 0.15) is 20.8 Å². The van der Waals surface area contributed by atoms with Crippen LogP contribution in [0, 0.1) is 0 Å². The Balaban J connectivity index is 5.06. The highest BCUT2D eigenvalue weighted by molar-refractivity contribution is 5.81. The van der Waals surface area contributed by atoms with E-state index in [1.54, 1.807) is 0 Å². The van der Waals surface area contributed by atoms with Crippen LogP contribution in [0.5, 0.6) is 0 Å². The third kappa shape index (κ3) is 4.83. The monoisotopic (exact) mass is 340 g/mol. The summed E-state index contributed by atoms with van der Waals surface area (Å²) >= 11 is 0. The molecule has 1 N–H and O–H groups in total. The van der Waals surface area contributed by atoms with Gasteiger partial charge in [0.05, 0.1) is 5.60 Å². The number of hydrogen-bond donors (Lipinski definition) is 1. The van der Waals surface area contributed by atoms with Crippen LogP contribution in [-0.4, -0.2) is 53.6 Å². The van der Waals surface area contributed by atoms with Crippen molar-refractivity contribution < 1.29 is 50.5 Å². The number of rotatable bonds is 6. The molecule has 0 spiro atoms. The fraction of sp³-hybridized carbons (Fsp3) is 0.818. The molecule has 0 aliphatic rings. The van der Waals surface area contributed by atoms with Gasteiger partial charge in [-0.05, 0) is 20.8 Å². The number of alkyl halides is 6. The van der Waals surface area contributed by atoms with Gasteiger partial charge in [-0.15, -0.1) is 0 Å². The van der Waals surface area contributed by atoms with Crippen LogP contribution in [0.25, 0.3) is 0 Å². The van der Waals surface area contributed by atoms with E-state index in [1.807, 2.05) is 0 Å². The second-order valence-corrected chi connectivity index (χ2v) is 5.03. The maximum atomic E-state index is 12.4. The quantitative estimate of drug-likeness (QED) is 0.589. The van der Waals surface area contributed by atoms with Crippen molar-refractivity contribution in [1.29, 1.82) is 0 Å². The highest BCUT2D eigenvalue weighted by atomic mass is 19.4. The normalized spacial score (nSPS) is 13.9. The van der Waals surface area contributed by atoms with Crippen molar-refractivity contribution in [2.24, 2.45) is 0 Å². The molecule has 0 bridgehead atoms. The van der Waals surface area contributed by atoms with Gasteiger partial charge in [0.2, 0.25) is 0 Å². The smallest absolute Gasteiger partial charge is 0.437 e. The molecular weight excluding hydrogens is 326 g/mol. The Bertz CT molecular complexity index is 412. The lowest BCUT2D eigenvalue weighted by Crippen LogP contribution is -2.63. The Hall–Kier alpha value is -1.36. The Kier molecular flexibility index (Phi) is 6.01. The summed E-state index contributed by atoms with van der Waals surface area (Å²) in [5, 5.41) is 8.75. The summed E-state index contributed by atoms with van der Waals surface area (Å²) in [4.78, 5) is 21.8. The van der Waals surface area contributed by atoms with Gasteiger partial charge in [-0.2, -0.15) is 26.3 Å². The minimum Gasteiger partial charge on any atom is -0.460 e. The van der Waals surface area contributed by atoms with E-state index in [2.05, 4.69) is 4.74 Å². The van der Waals surface area contributed by atoms with Crippen LogP contribution in [0.3, 0.4) is 0 Å². The standard InChI is InChI=1S/C11H14F6O5/c1-6(18)4-22-8(2,3)5-21-7(19)9(20,10(12,13)14)11(15,16)17/h20H,4-5H2,1-3H3. The van der Waals surface area contributed by atoms with Gasteiger partial charge in [0.1, 0.15) is 13.2 Å². The molecule has 0 saturated heterocycles. The first-order chi connectivity index (χ1) is 9.54. The van der Waals surface area contributed by atoms with Gasteiger partial charge in [-0.25, -0.2) is 4.79 Å². The molecule has 5 nitrogen and oxygen atoms in total.